The molecule has 0 radical (unpaired) electrons. The molecule has 0 heterocycles. The summed E-state index contributed by atoms with van der Waals surface area (Å²) in [6.07, 6.45) is -0.662. The highest BCUT2D eigenvalue weighted by molar-refractivity contribution is 4.66. The molecule has 0 bridgehead atoms. The van der Waals surface area contributed by atoms with E-state index in [-0.39, 0.29) is 6.61 Å². The fourth-order valence-corrected chi connectivity index (χ4v) is 0.778. The second-order valence-corrected chi connectivity index (χ2v) is 2.31. The zero-order chi connectivity index (χ0) is 8.69. The van der Waals surface area contributed by atoms with Gasteiger partial charge in [-0.25, -0.2) is 0 Å². The molecule has 0 aliphatic heterocycles. The molecule has 0 rings (SSSR count). The lowest BCUT2D eigenvalue weighted by atomic mass is 10.1. The van der Waals surface area contributed by atoms with E-state index in [0.29, 0.717) is 13.0 Å². The van der Waals surface area contributed by atoms with Crippen LogP contribution in [0.25, 0.3) is 0 Å². The fraction of sp³-hybridized carbons (Fsp3) is 1.00. The number of aliphatic hydroxyl groups excluding tert-OH is 2. The summed E-state index contributed by atoms with van der Waals surface area (Å²) in [4.78, 5) is 0. The number of methoxy groups -OCH3 is 2. The van der Waals surface area contributed by atoms with E-state index < -0.39 is 12.2 Å². The highest BCUT2D eigenvalue weighted by Crippen LogP contribution is 2.01. The van der Waals surface area contributed by atoms with Crippen LogP contribution in [0.1, 0.15) is 6.42 Å². The van der Waals surface area contributed by atoms with Crippen molar-refractivity contribution in [1.82, 2.24) is 0 Å². The first-order valence-electron chi connectivity index (χ1n) is 3.57. The van der Waals surface area contributed by atoms with Crippen LogP contribution in [0.2, 0.25) is 0 Å². The van der Waals surface area contributed by atoms with Gasteiger partial charge in [0, 0.05) is 20.8 Å². The van der Waals surface area contributed by atoms with E-state index in [0.717, 1.165) is 0 Å². The number of ether oxygens (including phenoxy) is 2. The van der Waals surface area contributed by atoms with Crippen molar-refractivity contribution in [3.8, 4) is 0 Å². The molecule has 2 unspecified atom stereocenters. The second kappa shape index (κ2) is 6.54. The molecular weight excluding hydrogens is 148 g/mol. The molecule has 2 atom stereocenters. The van der Waals surface area contributed by atoms with Crippen molar-refractivity contribution in [3.05, 3.63) is 0 Å². The van der Waals surface area contributed by atoms with Gasteiger partial charge in [0.15, 0.2) is 0 Å². The van der Waals surface area contributed by atoms with Crippen LogP contribution in [-0.4, -0.2) is 49.9 Å². The molecule has 11 heavy (non-hydrogen) atoms. The molecule has 0 amide bonds. The average molecular weight is 164 g/mol. The van der Waals surface area contributed by atoms with Gasteiger partial charge in [0.05, 0.1) is 12.7 Å². The SMILES string of the molecule is COCCC(O)C(CO)OC. The van der Waals surface area contributed by atoms with E-state index in [2.05, 4.69) is 0 Å². The van der Waals surface area contributed by atoms with E-state index in [1.807, 2.05) is 0 Å². The molecule has 0 aliphatic carbocycles. The van der Waals surface area contributed by atoms with Gasteiger partial charge in [-0.05, 0) is 6.42 Å². The van der Waals surface area contributed by atoms with Crippen molar-refractivity contribution in [1.29, 1.82) is 0 Å². The van der Waals surface area contributed by atoms with E-state index >= 15 is 0 Å². The van der Waals surface area contributed by atoms with Gasteiger partial charge in [0.25, 0.3) is 0 Å². The largest absolute Gasteiger partial charge is 0.394 e. The van der Waals surface area contributed by atoms with Crippen LogP contribution in [0.3, 0.4) is 0 Å². The van der Waals surface area contributed by atoms with Gasteiger partial charge in [0.2, 0.25) is 0 Å². The standard InChI is InChI=1S/C7H16O4/c1-10-4-3-6(9)7(5-8)11-2/h6-9H,3-5H2,1-2H3. The summed E-state index contributed by atoms with van der Waals surface area (Å²) in [5.74, 6) is 0. The zero-order valence-electron chi connectivity index (χ0n) is 6.99. The minimum Gasteiger partial charge on any atom is -0.394 e. The summed E-state index contributed by atoms with van der Waals surface area (Å²) in [5.41, 5.74) is 0. The Hall–Kier alpha value is -0.160. The summed E-state index contributed by atoms with van der Waals surface area (Å²) in [7, 11) is 3.02. The molecule has 4 nitrogen and oxygen atoms in total. The average Bonchev–Trinajstić information content (AvgIpc) is 2.03. The lowest BCUT2D eigenvalue weighted by molar-refractivity contribution is -0.0505. The van der Waals surface area contributed by atoms with E-state index in [1.165, 1.54) is 7.11 Å². The maximum absolute atomic E-state index is 9.28. The predicted molar refractivity (Wildman–Crippen MR) is 40.4 cm³/mol. The van der Waals surface area contributed by atoms with Crippen molar-refractivity contribution in [2.24, 2.45) is 0 Å². The summed E-state index contributed by atoms with van der Waals surface area (Å²) < 4.78 is 9.56. The van der Waals surface area contributed by atoms with Crippen molar-refractivity contribution in [2.75, 3.05) is 27.4 Å². The monoisotopic (exact) mass is 164 g/mol. The smallest absolute Gasteiger partial charge is 0.106 e. The summed E-state index contributed by atoms with van der Waals surface area (Å²) in [5, 5.41) is 17.9. The molecular formula is C7H16O4. The first kappa shape index (κ1) is 10.8. The fourth-order valence-electron chi connectivity index (χ4n) is 0.778. The Labute approximate surface area is 66.7 Å². The number of hydrogen-bond acceptors (Lipinski definition) is 4. The van der Waals surface area contributed by atoms with Crippen LogP contribution in [0, 0.1) is 0 Å². The quantitative estimate of drug-likeness (QED) is 0.550. The first-order valence-corrected chi connectivity index (χ1v) is 3.57. The van der Waals surface area contributed by atoms with Crippen LogP contribution in [0.5, 0.6) is 0 Å². The van der Waals surface area contributed by atoms with Gasteiger partial charge >= 0.3 is 0 Å². The van der Waals surface area contributed by atoms with Crippen LogP contribution in [0.15, 0.2) is 0 Å². The number of hydrogen-bond donors (Lipinski definition) is 2. The maximum atomic E-state index is 9.28. The maximum Gasteiger partial charge on any atom is 0.106 e. The molecule has 0 aromatic rings. The van der Waals surface area contributed by atoms with Gasteiger partial charge < -0.3 is 19.7 Å². The Morgan fingerprint density at radius 2 is 2.00 bits per heavy atom. The first-order chi connectivity index (χ1) is 5.26. The van der Waals surface area contributed by atoms with Gasteiger partial charge in [-0.2, -0.15) is 0 Å². The van der Waals surface area contributed by atoms with Crippen LogP contribution in [0.4, 0.5) is 0 Å². The molecule has 2 N–H and O–H groups in total. The Bertz CT molecular complexity index is 82.5. The third-order valence-corrected chi connectivity index (χ3v) is 1.53. The Morgan fingerprint density at radius 3 is 2.36 bits per heavy atom. The normalized spacial score (nSPS) is 16.4. The Balaban J connectivity index is 3.51. The Kier molecular flexibility index (Phi) is 6.45. The predicted octanol–water partition coefficient (Wildman–Crippen LogP) is -0.609. The number of rotatable bonds is 6. The van der Waals surface area contributed by atoms with Crippen molar-refractivity contribution in [3.63, 3.8) is 0 Å². The van der Waals surface area contributed by atoms with E-state index in [1.54, 1.807) is 7.11 Å². The Morgan fingerprint density at radius 1 is 1.36 bits per heavy atom. The lowest BCUT2D eigenvalue weighted by Gasteiger charge is -2.18. The molecule has 0 fully saturated rings. The second-order valence-electron chi connectivity index (χ2n) is 2.31. The van der Waals surface area contributed by atoms with Crippen LogP contribution >= 0.6 is 0 Å². The zero-order valence-corrected chi connectivity index (χ0v) is 6.99. The highest BCUT2D eigenvalue weighted by Gasteiger charge is 2.16. The summed E-state index contributed by atoms with van der Waals surface area (Å²) >= 11 is 0. The highest BCUT2D eigenvalue weighted by atomic mass is 16.5. The molecule has 0 aromatic carbocycles. The van der Waals surface area contributed by atoms with Crippen molar-refractivity contribution in [2.45, 2.75) is 18.6 Å². The molecule has 0 spiro atoms. The molecule has 0 saturated carbocycles. The summed E-state index contributed by atoms with van der Waals surface area (Å²) in [6, 6.07) is 0. The van der Waals surface area contributed by atoms with Gasteiger partial charge in [-0.1, -0.05) is 0 Å². The van der Waals surface area contributed by atoms with E-state index in [4.69, 9.17) is 14.6 Å². The molecule has 68 valence electrons. The lowest BCUT2D eigenvalue weighted by Crippen LogP contribution is -2.32. The van der Waals surface area contributed by atoms with Crippen molar-refractivity contribution >= 4 is 0 Å². The van der Waals surface area contributed by atoms with Gasteiger partial charge in [-0.15, -0.1) is 0 Å². The van der Waals surface area contributed by atoms with E-state index in [9.17, 15) is 5.11 Å². The number of aliphatic hydroxyl groups is 2. The minimum atomic E-state index is -0.648. The van der Waals surface area contributed by atoms with Crippen LogP contribution < -0.4 is 0 Å². The molecule has 0 aromatic heterocycles. The van der Waals surface area contributed by atoms with Gasteiger partial charge in [0.1, 0.15) is 6.10 Å². The molecule has 0 saturated heterocycles. The minimum absolute atomic E-state index is 0.165. The van der Waals surface area contributed by atoms with Crippen molar-refractivity contribution < 1.29 is 19.7 Å². The molecule has 4 heteroatoms. The third kappa shape index (κ3) is 4.31. The topological polar surface area (TPSA) is 58.9 Å². The van der Waals surface area contributed by atoms with Gasteiger partial charge in [-0.3, -0.25) is 0 Å². The molecule has 0 aliphatic rings. The third-order valence-electron chi connectivity index (χ3n) is 1.53. The van der Waals surface area contributed by atoms with Crippen LogP contribution in [-0.2, 0) is 9.47 Å². The summed E-state index contributed by atoms with van der Waals surface area (Å²) in [6.45, 7) is 0.308.